The molecule has 0 aromatic carbocycles. The maximum Gasteiger partial charge on any atom is 0.433 e. The Morgan fingerprint density at radius 3 is 2.64 bits per heavy atom. The standard InChI is InChI=1S/C7H3BrF3N3/c8-5-3-14-2-1-4(7(9,10)11)12-6(14)13-5/h1-3H. The van der Waals surface area contributed by atoms with Gasteiger partial charge in [0, 0.05) is 12.4 Å². The molecule has 2 aromatic rings. The van der Waals surface area contributed by atoms with Crippen LogP contribution in [0.25, 0.3) is 5.78 Å². The molecule has 0 bridgehead atoms. The molecule has 14 heavy (non-hydrogen) atoms. The minimum Gasteiger partial charge on any atom is -0.290 e. The van der Waals surface area contributed by atoms with E-state index in [1.54, 1.807) is 0 Å². The average Bonchev–Trinajstić information content (AvgIpc) is 2.41. The van der Waals surface area contributed by atoms with Crippen LogP contribution >= 0.6 is 15.9 Å². The van der Waals surface area contributed by atoms with Gasteiger partial charge in [0.25, 0.3) is 0 Å². The third-order valence-corrected chi connectivity index (χ3v) is 1.97. The number of alkyl halides is 3. The van der Waals surface area contributed by atoms with Crippen LogP contribution in [0.1, 0.15) is 5.69 Å². The van der Waals surface area contributed by atoms with Gasteiger partial charge in [-0.3, -0.25) is 4.40 Å². The van der Waals surface area contributed by atoms with Crippen molar-refractivity contribution >= 4 is 21.7 Å². The number of nitrogens with zero attached hydrogens (tertiary/aromatic N) is 3. The van der Waals surface area contributed by atoms with E-state index < -0.39 is 11.9 Å². The molecule has 0 saturated carbocycles. The molecule has 0 radical (unpaired) electrons. The Kier molecular flexibility index (Phi) is 1.99. The topological polar surface area (TPSA) is 30.2 Å². The van der Waals surface area contributed by atoms with Crippen LogP contribution in [0.5, 0.6) is 0 Å². The van der Waals surface area contributed by atoms with Crippen LogP contribution < -0.4 is 0 Å². The number of fused-ring (bicyclic) bond motifs is 1. The summed E-state index contributed by atoms with van der Waals surface area (Å²) in [4.78, 5) is 7.12. The largest absolute Gasteiger partial charge is 0.433 e. The summed E-state index contributed by atoms with van der Waals surface area (Å²) >= 11 is 3.05. The molecular weight excluding hydrogens is 263 g/mol. The first-order chi connectivity index (χ1) is 6.47. The SMILES string of the molecule is FC(F)(F)c1ccn2cc(Br)nc2n1. The maximum atomic E-state index is 12.2. The van der Waals surface area contributed by atoms with Crippen molar-refractivity contribution in [2.24, 2.45) is 0 Å². The highest BCUT2D eigenvalue weighted by Gasteiger charge is 2.32. The summed E-state index contributed by atoms with van der Waals surface area (Å²) in [5.41, 5.74) is -0.942. The first-order valence-corrected chi connectivity index (χ1v) is 4.34. The first kappa shape index (κ1) is 9.45. The van der Waals surface area contributed by atoms with Crippen molar-refractivity contribution in [3.63, 3.8) is 0 Å². The van der Waals surface area contributed by atoms with Crippen LogP contribution in [0.3, 0.4) is 0 Å². The van der Waals surface area contributed by atoms with Crippen molar-refractivity contribution in [2.45, 2.75) is 6.18 Å². The normalized spacial score (nSPS) is 12.3. The summed E-state index contributed by atoms with van der Waals surface area (Å²) in [6.45, 7) is 0. The summed E-state index contributed by atoms with van der Waals surface area (Å²) < 4.78 is 38.5. The lowest BCUT2D eigenvalue weighted by atomic mass is 10.4. The highest BCUT2D eigenvalue weighted by Crippen LogP contribution is 2.27. The Morgan fingerprint density at radius 2 is 2.00 bits per heavy atom. The molecule has 2 rings (SSSR count). The molecule has 0 unspecified atom stereocenters. The Hall–Kier alpha value is -1.11. The summed E-state index contributed by atoms with van der Waals surface area (Å²) in [6, 6.07) is 0.904. The molecule has 0 amide bonds. The van der Waals surface area contributed by atoms with Crippen molar-refractivity contribution in [3.8, 4) is 0 Å². The van der Waals surface area contributed by atoms with Gasteiger partial charge < -0.3 is 0 Å². The molecule has 2 aromatic heterocycles. The van der Waals surface area contributed by atoms with Gasteiger partial charge in [0.2, 0.25) is 5.78 Å². The van der Waals surface area contributed by atoms with Crippen LogP contribution in [-0.2, 0) is 6.18 Å². The van der Waals surface area contributed by atoms with Gasteiger partial charge in [0.15, 0.2) is 0 Å². The van der Waals surface area contributed by atoms with Gasteiger partial charge in [-0.15, -0.1) is 0 Å². The zero-order chi connectivity index (χ0) is 10.3. The second-order valence-electron chi connectivity index (χ2n) is 2.58. The smallest absolute Gasteiger partial charge is 0.290 e. The molecule has 2 heterocycles. The molecule has 0 spiro atoms. The van der Waals surface area contributed by atoms with E-state index in [4.69, 9.17) is 0 Å². The van der Waals surface area contributed by atoms with E-state index in [0.29, 0.717) is 4.60 Å². The van der Waals surface area contributed by atoms with Gasteiger partial charge in [-0.1, -0.05) is 0 Å². The average molecular weight is 266 g/mol. The number of aromatic nitrogens is 3. The molecule has 0 atom stereocenters. The lowest BCUT2D eigenvalue weighted by Crippen LogP contribution is -2.08. The maximum absolute atomic E-state index is 12.2. The van der Waals surface area contributed by atoms with E-state index >= 15 is 0 Å². The molecule has 0 saturated heterocycles. The van der Waals surface area contributed by atoms with Gasteiger partial charge in [0.1, 0.15) is 10.3 Å². The highest BCUT2D eigenvalue weighted by molar-refractivity contribution is 9.10. The Balaban J connectivity index is 2.62. The lowest BCUT2D eigenvalue weighted by molar-refractivity contribution is -0.141. The molecule has 7 heteroatoms. The van der Waals surface area contributed by atoms with E-state index in [9.17, 15) is 13.2 Å². The quantitative estimate of drug-likeness (QED) is 0.733. The van der Waals surface area contributed by atoms with Crippen LogP contribution in [-0.4, -0.2) is 14.4 Å². The third-order valence-electron chi connectivity index (χ3n) is 1.59. The Labute approximate surface area is 84.7 Å². The van der Waals surface area contributed by atoms with Crippen molar-refractivity contribution in [1.29, 1.82) is 0 Å². The monoisotopic (exact) mass is 265 g/mol. The van der Waals surface area contributed by atoms with Crippen molar-refractivity contribution < 1.29 is 13.2 Å². The lowest BCUT2D eigenvalue weighted by Gasteiger charge is -2.04. The van der Waals surface area contributed by atoms with Crippen LogP contribution in [0.2, 0.25) is 0 Å². The van der Waals surface area contributed by atoms with Crippen LogP contribution in [0.4, 0.5) is 13.2 Å². The number of hydrogen-bond donors (Lipinski definition) is 0. The van der Waals surface area contributed by atoms with Crippen molar-refractivity contribution in [1.82, 2.24) is 14.4 Å². The number of imidazole rings is 1. The molecular formula is C7H3BrF3N3. The molecule has 74 valence electrons. The number of hydrogen-bond acceptors (Lipinski definition) is 2. The van der Waals surface area contributed by atoms with Gasteiger partial charge >= 0.3 is 6.18 Å². The Morgan fingerprint density at radius 1 is 1.29 bits per heavy atom. The minimum absolute atomic E-state index is 0.0201. The van der Waals surface area contributed by atoms with Gasteiger partial charge in [0.05, 0.1) is 0 Å². The second-order valence-corrected chi connectivity index (χ2v) is 3.39. The fourth-order valence-electron chi connectivity index (χ4n) is 1.00. The minimum atomic E-state index is -4.43. The van der Waals surface area contributed by atoms with Crippen molar-refractivity contribution in [3.05, 3.63) is 28.8 Å². The fraction of sp³-hybridized carbons (Fsp3) is 0.143. The summed E-state index contributed by atoms with van der Waals surface area (Å²) in [7, 11) is 0. The summed E-state index contributed by atoms with van der Waals surface area (Å²) in [5.74, 6) is 0.0201. The zero-order valence-corrected chi connectivity index (χ0v) is 8.17. The Bertz CT molecular complexity index is 476. The van der Waals surface area contributed by atoms with Crippen LogP contribution in [0, 0.1) is 0 Å². The molecule has 0 fully saturated rings. The molecule has 0 aliphatic rings. The predicted octanol–water partition coefficient (Wildman–Crippen LogP) is 2.51. The van der Waals surface area contributed by atoms with E-state index in [-0.39, 0.29) is 5.78 Å². The molecule has 0 aliphatic heterocycles. The van der Waals surface area contributed by atoms with Crippen LogP contribution in [0.15, 0.2) is 23.1 Å². The zero-order valence-electron chi connectivity index (χ0n) is 6.59. The van der Waals surface area contributed by atoms with Gasteiger partial charge in [-0.05, 0) is 22.0 Å². The highest BCUT2D eigenvalue weighted by atomic mass is 79.9. The molecule has 0 aliphatic carbocycles. The first-order valence-electron chi connectivity index (χ1n) is 3.55. The van der Waals surface area contributed by atoms with E-state index in [2.05, 4.69) is 25.9 Å². The number of rotatable bonds is 0. The second kappa shape index (κ2) is 2.94. The predicted molar refractivity (Wildman–Crippen MR) is 45.7 cm³/mol. The summed E-state index contributed by atoms with van der Waals surface area (Å²) in [6.07, 6.45) is -1.63. The van der Waals surface area contributed by atoms with Crippen molar-refractivity contribution in [2.75, 3.05) is 0 Å². The number of halogens is 4. The van der Waals surface area contributed by atoms with E-state index in [1.165, 1.54) is 16.8 Å². The molecule has 0 N–H and O–H groups in total. The van der Waals surface area contributed by atoms with Gasteiger partial charge in [-0.2, -0.15) is 13.2 Å². The third kappa shape index (κ3) is 1.59. The van der Waals surface area contributed by atoms with E-state index in [0.717, 1.165) is 6.07 Å². The molecule has 3 nitrogen and oxygen atoms in total. The fourth-order valence-corrected chi connectivity index (χ4v) is 1.38. The van der Waals surface area contributed by atoms with E-state index in [1.807, 2.05) is 0 Å². The summed E-state index contributed by atoms with van der Waals surface area (Å²) in [5, 5.41) is 0. The van der Waals surface area contributed by atoms with Gasteiger partial charge in [-0.25, -0.2) is 9.97 Å².